The van der Waals surface area contributed by atoms with Crippen molar-refractivity contribution in [3.63, 3.8) is 0 Å². The Morgan fingerprint density at radius 1 is 1.15 bits per heavy atom. The van der Waals surface area contributed by atoms with Gasteiger partial charge in [0.1, 0.15) is 21.7 Å². The third-order valence-corrected chi connectivity index (χ3v) is 4.27. The second-order valence-corrected chi connectivity index (χ2v) is 6.29. The maximum Gasteiger partial charge on any atom is 0.259 e. The summed E-state index contributed by atoms with van der Waals surface area (Å²) >= 11 is 11.7. The van der Waals surface area contributed by atoms with E-state index in [1.54, 1.807) is 30.5 Å². The third-order valence-electron chi connectivity index (χ3n) is 3.77. The Labute approximate surface area is 163 Å². The molecule has 0 atom stereocenters. The highest BCUT2D eigenvalue weighted by Crippen LogP contribution is 2.35. The van der Waals surface area contributed by atoms with Gasteiger partial charge in [-0.1, -0.05) is 23.2 Å². The predicted molar refractivity (Wildman–Crippen MR) is 101 cm³/mol. The molecule has 1 aliphatic heterocycles. The zero-order valence-electron chi connectivity index (χ0n) is 13.5. The molecule has 0 radical (unpaired) electrons. The number of nitrogens with one attached hydrogen (secondary N) is 2. The highest BCUT2D eigenvalue weighted by molar-refractivity contribution is 6.35. The number of ether oxygens (including phenoxy) is 1. The average Bonchev–Trinajstić information content (AvgIpc) is 2.77. The first kappa shape index (κ1) is 17.3. The highest BCUT2D eigenvalue weighted by atomic mass is 35.5. The lowest BCUT2D eigenvalue weighted by Crippen LogP contribution is -2.15. The Morgan fingerprint density at radius 3 is 2.81 bits per heavy atom. The van der Waals surface area contributed by atoms with Gasteiger partial charge in [-0.05, 0) is 42.5 Å². The van der Waals surface area contributed by atoms with E-state index in [0.717, 1.165) is 0 Å². The largest absolute Gasteiger partial charge is 0.436 e. The summed E-state index contributed by atoms with van der Waals surface area (Å²) in [7, 11) is 0. The van der Waals surface area contributed by atoms with E-state index in [2.05, 4.69) is 20.6 Å². The molecule has 2 aromatic heterocycles. The van der Waals surface area contributed by atoms with Gasteiger partial charge in [-0.25, -0.2) is 9.97 Å². The van der Waals surface area contributed by atoms with Gasteiger partial charge in [0.25, 0.3) is 11.8 Å². The first-order valence-electron chi connectivity index (χ1n) is 7.73. The highest BCUT2D eigenvalue weighted by Gasteiger charge is 2.22. The number of halogens is 2. The van der Waals surface area contributed by atoms with Crippen LogP contribution in [0.3, 0.4) is 0 Å². The Kier molecular flexibility index (Phi) is 4.39. The van der Waals surface area contributed by atoms with Crippen molar-refractivity contribution < 1.29 is 14.3 Å². The van der Waals surface area contributed by atoms with Gasteiger partial charge in [0.15, 0.2) is 0 Å². The van der Waals surface area contributed by atoms with Gasteiger partial charge >= 0.3 is 0 Å². The SMILES string of the molecule is O=C1Nc2cccnc2Oc2ccc(NC(=O)c3ccc(Cl)nc3Cl)cc21. The Bertz CT molecular complexity index is 1090. The number of carbonyl (C=O) groups is 2. The van der Waals surface area contributed by atoms with Crippen molar-refractivity contribution in [2.45, 2.75) is 0 Å². The minimum atomic E-state index is -0.482. The third kappa shape index (κ3) is 3.42. The molecule has 3 heterocycles. The van der Waals surface area contributed by atoms with Crippen LogP contribution < -0.4 is 15.4 Å². The van der Waals surface area contributed by atoms with Crippen LogP contribution in [0.1, 0.15) is 20.7 Å². The van der Waals surface area contributed by atoms with E-state index in [9.17, 15) is 9.59 Å². The molecule has 2 amide bonds. The zero-order chi connectivity index (χ0) is 19.0. The summed E-state index contributed by atoms with van der Waals surface area (Å²) in [5, 5.41) is 5.56. The van der Waals surface area contributed by atoms with Gasteiger partial charge in [0.2, 0.25) is 5.88 Å². The van der Waals surface area contributed by atoms with Gasteiger partial charge in [-0.15, -0.1) is 0 Å². The number of hydrogen-bond donors (Lipinski definition) is 2. The molecule has 1 aromatic carbocycles. The second-order valence-electron chi connectivity index (χ2n) is 5.55. The van der Waals surface area contributed by atoms with E-state index >= 15 is 0 Å². The minimum Gasteiger partial charge on any atom is -0.436 e. The molecule has 4 rings (SSSR count). The number of fused-ring (bicyclic) bond motifs is 2. The van der Waals surface area contributed by atoms with Crippen molar-refractivity contribution >= 4 is 46.4 Å². The number of hydrogen-bond acceptors (Lipinski definition) is 5. The molecule has 0 unspecified atom stereocenters. The molecule has 0 bridgehead atoms. The maximum absolute atomic E-state index is 12.5. The summed E-state index contributed by atoms with van der Waals surface area (Å²) in [6, 6.07) is 11.0. The Balaban J connectivity index is 1.63. The fourth-order valence-corrected chi connectivity index (χ4v) is 2.95. The van der Waals surface area contributed by atoms with E-state index in [0.29, 0.717) is 23.0 Å². The van der Waals surface area contributed by atoms with Crippen LogP contribution in [0.25, 0.3) is 0 Å². The monoisotopic (exact) mass is 400 g/mol. The van der Waals surface area contributed by atoms with Crippen LogP contribution in [0.5, 0.6) is 11.6 Å². The maximum atomic E-state index is 12.5. The van der Waals surface area contributed by atoms with Crippen LogP contribution in [-0.4, -0.2) is 21.8 Å². The predicted octanol–water partition coefficient (Wildman–Crippen LogP) is 4.39. The molecule has 0 fully saturated rings. The Morgan fingerprint density at radius 2 is 2.00 bits per heavy atom. The number of anilines is 2. The lowest BCUT2D eigenvalue weighted by atomic mass is 10.1. The summed E-state index contributed by atoms with van der Waals surface area (Å²) in [6.07, 6.45) is 1.56. The van der Waals surface area contributed by atoms with Gasteiger partial charge < -0.3 is 15.4 Å². The fourth-order valence-electron chi connectivity index (χ4n) is 2.52. The van der Waals surface area contributed by atoms with Crippen LogP contribution in [0.2, 0.25) is 10.3 Å². The summed E-state index contributed by atoms with van der Waals surface area (Å²) in [5.41, 5.74) is 1.27. The smallest absolute Gasteiger partial charge is 0.259 e. The summed E-state index contributed by atoms with van der Waals surface area (Å²) in [4.78, 5) is 32.8. The summed E-state index contributed by atoms with van der Waals surface area (Å²) in [6.45, 7) is 0. The van der Waals surface area contributed by atoms with Crippen LogP contribution in [0.4, 0.5) is 11.4 Å². The quantitative estimate of drug-likeness (QED) is 0.622. The molecular weight excluding hydrogens is 391 g/mol. The van der Waals surface area contributed by atoms with Gasteiger partial charge in [-0.3, -0.25) is 9.59 Å². The number of benzene rings is 1. The molecule has 2 N–H and O–H groups in total. The number of amides is 2. The van der Waals surface area contributed by atoms with Crippen LogP contribution >= 0.6 is 23.2 Å². The summed E-state index contributed by atoms with van der Waals surface area (Å²) < 4.78 is 5.70. The first-order chi connectivity index (χ1) is 13.0. The van der Waals surface area contributed by atoms with Crippen molar-refractivity contribution in [1.82, 2.24) is 9.97 Å². The van der Waals surface area contributed by atoms with Crippen LogP contribution in [0.15, 0.2) is 48.7 Å². The number of pyridine rings is 2. The minimum absolute atomic E-state index is 0.0163. The molecule has 0 saturated heterocycles. The van der Waals surface area contributed by atoms with Crippen LogP contribution in [-0.2, 0) is 0 Å². The lowest BCUT2D eigenvalue weighted by molar-refractivity contribution is 0.101. The topological polar surface area (TPSA) is 93.2 Å². The molecular formula is C18H10Cl2N4O3. The van der Waals surface area contributed by atoms with E-state index in [1.165, 1.54) is 18.2 Å². The zero-order valence-corrected chi connectivity index (χ0v) is 15.0. The van der Waals surface area contributed by atoms with E-state index in [-0.39, 0.29) is 27.3 Å². The first-order valence-corrected chi connectivity index (χ1v) is 8.48. The Hall–Kier alpha value is -3.16. The van der Waals surface area contributed by atoms with E-state index in [1.807, 2.05) is 0 Å². The van der Waals surface area contributed by atoms with Gasteiger partial charge in [-0.2, -0.15) is 0 Å². The van der Waals surface area contributed by atoms with E-state index in [4.69, 9.17) is 27.9 Å². The summed E-state index contributed by atoms with van der Waals surface area (Å²) in [5.74, 6) is -0.238. The molecule has 0 spiro atoms. The standard InChI is InChI=1S/C18H10Cl2N4O3/c19-14-6-4-10(15(20)24-14)16(25)22-9-3-5-13-11(8-9)17(26)23-12-2-1-7-21-18(12)27-13/h1-8H,(H,22,25)(H,23,26). The fraction of sp³-hybridized carbons (Fsp3) is 0. The molecule has 27 heavy (non-hydrogen) atoms. The molecule has 3 aromatic rings. The molecule has 7 nitrogen and oxygen atoms in total. The molecule has 0 saturated carbocycles. The number of nitrogens with zero attached hydrogens (tertiary/aromatic N) is 2. The molecule has 0 aliphatic carbocycles. The normalized spacial score (nSPS) is 12.1. The van der Waals surface area contributed by atoms with Crippen molar-refractivity contribution in [1.29, 1.82) is 0 Å². The van der Waals surface area contributed by atoms with E-state index < -0.39 is 5.91 Å². The molecule has 134 valence electrons. The van der Waals surface area contributed by atoms with Crippen molar-refractivity contribution in [2.24, 2.45) is 0 Å². The number of rotatable bonds is 2. The molecule has 9 heteroatoms. The van der Waals surface area contributed by atoms with Crippen molar-refractivity contribution in [3.8, 4) is 11.6 Å². The van der Waals surface area contributed by atoms with Gasteiger partial charge in [0.05, 0.1) is 11.1 Å². The second kappa shape index (κ2) is 6.86. The van der Waals surface area contributed by atoms with Crippen LogP contribution in [0, 0.1) is 0 Å². The average molecular weight is 401 g/mol. The van der Waals surface area contributed by atoms with Gasteiger partial charge in [0, 0.05) is 11.9 Å². The van der Waals surface area contributed by atoms with Crippen molar-refractivity contribution in [2.75, 3.05) is 10.6 Å². The number of aromatic nitrogens is 2. The lowest BCUT2D eigenvalue weighted by Gasteiger charge is -2.10. The molecule has 1 aliphatic rings. The number of carbonyl (C=O) groups excluding carboxylic acids is 2. The van der Waals surface area contributed by atoms with Crippen molar-refractivity contribution in [3.05, 3.63) is 70.1 Å².